The molecular formula is C20H21N3O3. The summed E-state index contributed by atoms with van der Waals surface area (Å²) in [7, 11) is 0. The number of hydrogen-bond donors (Lipinski definition) is 1. The Hall–Kier alpha value is -2.73. The Balaban J connectivity index is 1.80. The Labute approximate surface area is 151 Å². The maximum absolute atomic E-state index is 11.5. The molecule has 0 aliphatic carbocycles. The minimum absolute atomic E-state index is 0.279. The van der Waals surface area contributed by atoms with Gasteiger partial charge in [-0.25, -0.2) is 4.79 Å². The molecule has 26 heavy (non-hydrogen) atoms. The van der Waals surface area contributed by atoms with E-state index in [4.69, 9.17) is 9.84 Å². The van der Waals surface area contributed by atoms with Crippen LogP contribution in [0, 0.1) is 6.92 Å². The molecule has 0 saturated carbocycles. The number of carboxylic acids is 1. The Morgan fingerprint density at radius 2 is 2.12 bits per heavy atom. The van der Waals surface area contributed by atoms with Crippen LogP contribution in [0.25, 0.3) is 10.9 Å². The third kappa shape index (κ3) is 3.08. The number of pyridine rings is 1. The summed E-state index contributed by atoms with van der Waals surface area (Å²) in [5.41, 5.74) is 4.11. The van der Waals surface area contributed by atoms with Gasteiger partial charge in [-0.3, -0.25) is 9.67 Å². The SMILES string of the molecule is Cc1ccc2c(c1)c(Cc1cnccc1C(=O)O)nn2C1CCOCC1. The molecular weight excluding hydrogens is 330 g/mol. The molecule has 0 spiro atoms. The van der Waals surface area contributed by atoms with Gasteiger partial charge in [-0.15, -0.1) is 0 Å². The van der Waals surface area contributed by atoms with Crippen molar-refractivity contribution < 1.29 is 14.6 Å². The number of aromatic carboxylic acids is 1. The van der Waals surface area contributed by atoms with Gasteiger partial charge in [0.05, 0.1) is 22.8 Å². The normalized spacial score (nSPS) is 15.4. The maximum atomic E-state index is 11.5. The van der Waals surface area contributed by atoms with Crippen molar-refractivity contribution in [2.24, 2.45) is 0 Å². The average Bonchev–Trinajstić information content (AvgIpc) is 3.00. The lowest BCUT2D eigenvalue weighted by Gasteiger charge is -2.23. The lowest BCUT2D eigenvalue weighted by Crippen LogP contribution is -2.20. The van der Waals surface area contributed by atoms with Crippen LogP contribution in [0.1, 0.15) is 46.1 Å². The largest absolute Gasteiger partial charge is 0.478 e. The van der Waals surface area contributed by atoms with Crippen molar-refractivity contribution >= 4 is 16.9 Å². The zero-order valence-electron chi connectivity index (χ0n) is 14.7. The third-order valence-corrected chi connectivity index (χ3v) is 4.97. The highest BCUT2D eigenvalue weighted by Crippen LogP contribution is 2.29. The van der Waals surface area contributed by atoms with E-state index in [0.29, 0.717) is 18.0 Å². The number of nitrogens with zero attached hydrogens (tertiary/aromatic N) is 3. The molecule has 1 aromatic carbocycles. The molecule has 1 N–H and O–H groups in total. The quantitative estimate of drug-likeness (QED) is 0.780. The molecule has 6 nitrogen and oxygen atoms in total. The summed E-state index contributed by atoms with van der Waals surface area (Å²) in [6.45, 7) is 3.56. The van der Waals surface area contributed by atoms with Crippen molar-refractivity contribution in [1.29, 1.82) is 0 Å². The molecule has 0 radical (unpaired) electrons. The van der Waals surface area contributed by atoms with Crippen LogP contribution in [0.2, 0.25) is 0 Å². The molecule has 3 heterocycles. The molecule has 1 aliphatic rings. The van der Waals surface area contributed by atoms with E-state index in [9.17, 15) is 9.90 Å². The van der Waals surface area contributed by atoms with E-state index >= 15 is 0 Å². The highest BCUT2D eigenvalue weighted by Gasteiger charge is 2.22. The topological polar surface area (TPSA) is 77.2 Å². The molecule has 0 unspecified atom stereocenters. The second kappa shape index (κ2) is 6.88. The Bertz CT molecular complexity index is 958. The summed E-state index contributed by atoms with van der Waals surface area (Å²) in [5, 5.41) is 15.4. The fourth-order valence-electron chi connectivity index (χ4n) is 3.61. The van der Waals surface area contributed by atoms with Gasteiger partial charge in [-0.1, -0.05) is 11.6 Å². The van der Waals surface area contributed by atoms with E-state index in [2.05, 4.69) is 34.8 Å². The summed E-state index contributed by atoms with van der Waals surface area (Å²) >= 11 is 0. The van der Waals surface area contributed by atoms with Crippen LogP contribution in [0.15, 0.2) is 36.7 Å². The van der Waals surface area contributed by atoms with Gasteiger partial charge in [-0.2, -0.15) is 5.10 Å². The lowest BCUT2D eigenvalue weighted by molar-refractivity contribution is 0.0673. The average molecular weight is 351 g/mol. The standard InChI is InChI=1S/C20H21N3O3/c1-13-2-3-19-17(10-13)18(22-23(19)15-5-8-26-9-6-15)11-14-12-21-7-4-16(14)20(24)25/h2-4,7,10,12,15H,5-6,8-9,11H2,1H3,(H,24,25). The van der Waals surface area contributed by atoms with Crippen LogP contribution in [-0.2, 0) is 11.2 Å². The van der Waals surface area contributed by atoms with E-state index in [1.165, 1.54) is 6.20 Å². The van der Waals surface area contributed by atoms with Crippen LogP contribution in [0.5, 0.6) is 0 Å². The molecule has 134 valence electrons. The van der Waals surface area contributed by atoms with Gasteiger partial charge in [0.1, 0.15) is 0 Å². The maximum Gasteiger partial charge on any atom is 0.336 e. The fourth-order valence-corrected chi connectivity index (χ4v) is 3.61. The summed E-state index contributed by atoms with van der Waals surface area (Å²) < 4.78 is 7.58. The van der Waals surface area contributed by atoms with E-state index in [-0.39, 0.29) is 5.56 Å². The molecule has 0 bridgehead atoms. The highest BCUT2D eigenvalue weighted by molar-refractivity contribution is 5.90. The van der Waals surface area contributed by atoms with Crippen molar-refractivity contribution in [3.63, 3.8) is 0 Å². The summed E-state index contributed by atoms with van der Waals surface area (Å²) in [6.07, 6.45) is 5.47. The van der Waals surface area contributed by atoms with E-state index in [0.717, 1.165) is 48.2 Å². The molecule has 3 aromatic rings. The van der Waals surface area contributed by atoms with Gasteiger partial charge < -0.3 is 9.84 Å². The number of benzene rings is 1. The Morgan fingerprint density at radius 1 is 1.31 bits per heavy atom. The lowest BCUT2D eigenvalue weighted by atomic mass is 10.0. The molecule has 4 rings (SSSR count). The first-order chi connectivity index (χ1) is 12.6. The number of fused-ring (bicyclic) bond motifs is 1. The first-order valence-electron chi connectivity index (χ1n) is 8.85. The zero-order chi connectivity index (χ0) is 18.1. The number of hydrogen-bond acceptors (Lipinski definition) is 4. The van der Waals surface area contributed by atoms with E-state index in [1.54, 1.807) is 12.3 Å². The summed E-state index contributed by atoms with van der Waals surface area (Å²) in [5.74, 6) is -0.938. The zero-order valence-corrected chi connectivity index (χ0v) is 14.7. The van der Waals surface area contributed by atoms with Gasteiger partial charge >= 0.3 is 5.97 Å². The molecule has 1 saturated heterocycles. The smallest absolute Gasteiger partial charge is 0.336 e. The van der Waals surface area contributed by atoms with Crippen molar-refractivity contribution in [2.45, 2.75) is 32.2 Å². The molecule has 1 aliphatic heterocycles. The monoisotopic (exact) mass is 351 g/mol. The highest BCUT2D eigenvalue weighted by atomic mass is 16.5. The second-order valence-corrected chi connectivity index (χ2v) is 6.77. The number of carbonyl (C=O) groups is 1. The van der Waals surface area contributed by atoms with Gasteiger partial charge in [-0.05, 0) is 43.5 Å². The molecule has 1 fully saturated rings. The summed E-state index contributed by atoms with van der Waals surface area (Å²) in [4.78, 5) is 15.6. The molecule has 2 aromatic heterocycles. The van der Waals surface area contributed by atoms with Crippen LogP contribution in [-0.4, -0.2) is 39.1 Å². The number of rotatable bonds is 4. The fraction of sp³-hybridized carbons (Fsp3) is 0.350. The first kappa shape index (κ1) is 16.7. The molecule has 0 atom stereocenters. The predicted molar refractivity (Wildman–Crippen MR) is 97.6 cm³/mol. The third-order valence-electron chi connectivity index (χ3n) is 4.97. The number of aromatic nitrogens is 3. The van der Waals surface area contributed by atoms with Crippen LogP contribution < -0.4 is 0 Å². The van der Waals surface area contributed by atoms with Gasteiger partial charge in [0.25, 0.3) is 0 Å². The molecule has 6 heteroatoms. The van der Waals surface area contributed by atoms with Gasteiger partial charge in [0.15, 0.2) is 0 Å². The van der Waals surface area contributed by atoms with Crippen LogP contribution in [0.4, 0.5) is 0 Å². The van der Waals surface area contributed by atoms with Gasteiger partial charge in [0, 0.05) is 37.4 Å². The predicted octanol–water partition coefficient (Wildman–Crippen LogP) is 3.38. The number of ether oxygens (including phenoxy) is 1. The second-order valence-electron chi connectivity index (χ2n) is 6.77. The van der Waals surface area contributed by atoms with E-state index in [1.807, 2.05) is 0 Å². The Kier molecular flexibility index (Phi) is 4.42. The number of aryl methyl sites for hydroxylation is 1. The first-order valence-corrected chi connectivity index (χ1v) is 8.85. The van der Waals surface area contributed by atoms with Crippen molar-refractivity contribution in [1.82, 2.24) is 14.8 Å². The minimum atomic E-state index is -0.938. The van der Waals surface area contributed by atoms with Crippen molar-refractivity contribution in [3.8, 4) is 0 Å². The van der Waals surface area contributed by atoms with Crippen molar-refractivity contribution in [3.05, 3.63) is 59.0 Å². The van der Waals surface area contributed by atoms with Crippen LogP contribution in [0.3, 0.4) is 0 Å². The summed E-state index contributed by atoms with van der Waals surface area (Å²) in [6, 6.07) is 8.19. The Morgan fingerprint density at radius 3 is 2.88 bits per heavy atom. The van der Waals surface area contributed by atoms with Gasteiger partial charge in [0.2, 0.25) is 0 Å². The van der Waals surface area contributed by atoms with E-state index < -0.39 is 5.97 Å². The number of carboxylic acid groups (broad SMARTS) is 1. The minimum Gasteiger partial charge on any atom is -0.478 e. The van der Waals surface area contributed by atoms with Crippen LogP contribution >= 0.6 is 0 Å². The van der Waals surface area contributed by atoms with Crippen molar-refractivity contribution in [2.75, 3.05) is 13.2 Å². The molecule has 0 amide bonds.